The summed E-state index contributed by atoms with van der Waals surface area (Å²) in [7, 11) is -3.40. The molecule has 0 radical (unpaired) electrons. The SMILES string of the molecule is CCO[P@@]1(=O)Oc2ccccc2O[C@@H]1c1ccccc1. The molecule has 5 heteroatoms. The van der Waals surface area contributed by atoms with Crippen molar-refractivity contribution in [2.75, 3.05) is 6.61 Å². The zero-order chi connectivity index (χ0) is 14.0. The van der Waals surface area contributed by atoms with Gasteiger partial charge in [0.1, 0.15) is 0 Å². The summed E-state index contributed by atoms with van der Waals surface area (Å²) >= 11 is 0. The van der Waals surface area contributed by atoms with Gasteiger partial charge in [0.15, 0.2) is 11.5 Å². The molecular weight excluding hydrogens is 275 g/mol. The van der Waals surface area contributed by atoms with Gasteiger partial charge in [0, 0.05) is 5.56 Å². The van der Waals surface area contributed by atoms with Crippen LogP contribution in [0.15, 0.2) is 54.6 Å². The molecule has 104 valence electrons. The minimum Gasteiger partial charge on any atom is -0.468 e. The molecule has 1 aliphatic rings. The molecule has 1 aliphatic heterocycles. The molecule has 0 aliphatic carbocycles. The molecule has 0 unspecified atom stereocenters. The second-order valence-corrected chi connectivity index (χ2v) is 6.37. The molecule has 4 nitrogen and oxygen atoms in total. The third kappa shape index (κ3) is 2.33. The molecule has 20 heavy (non-hydrogen) atoms. The lowest BCUT2D eigenvalue weighted by Gasteiger charge is -2.32. The Balaban J connectivity index is 2.05. The first-order valence-electron chi connectivity index (χ1n) is 6.47. The molecular formula is C15H15O4P. The molecule has 2 aromatic carbocycles. The van der Waals surface area contributed by atoms with E-state index in [-0.39, 0.29) is 0 Å². The lowest BCUT2D eigenvalue weighted by molar-refractivity contribution is 0.173. The first-order valence-corrected chi connectivity index (χ1v) is 8.08. The average Bonchev–Trinajstić information content (AvgIpc) is 2.47. The van der Waals surface area contributed by atoms with Crippen molar-refractivity contribution in [3.63, 3.8) is 0 Å². The predicted molar refractivity (Wildman–Crippen MR) is 76.1 cm³/mol. The van der Waals surface area contributed by atoms with Crippen molar-refractivity contribution in [3.8, 4) is 11.5 Å². The Morgan fingerprint density at radius 3 is 2.40 bits per heavy atom. The van der Waals surface area contributed by atoms with Crippen molar-refractivity contribution >= 4 is 7.60 Å². The predicted octanol–water partition coefficient (Wildman–Crippen LogP) is 4.39. The van der Waals surface area contributed by atoms with Crippen LogP contribution in [0.4, 0.5) is 0 Å². The van der Waals surface area contributed by atoms with E-state index in [0.717, 1.165) is 5.56 Å². The maximum Gasteiger partial charge on any atom is 0.424 e. The fourth-order valence-corrected chi connectivity index (χ4v) is 3.98. The smallest absolute Gasteiger partial charge is 0.424 e. The summed E-state index contributed by atoms with van der Waals surface area (Å²) in [6.07, 6.45) is 0. The second-order valence-electron chi connectivity index (χ2n) is 4.38. The van der Waals surface area contributed by atoms with E-state index in [9.17, 15) is 4.57 Å². The number of ether oxygens (including phenoxy) is 1. The largest absolute Gasteiger partial charge is 0.468 e. The maximum atomic E-state index is 13.0. The van der Waals surface area contributed by atoms with E-state index in [2.05, 4.69) is 0 Å². The lowest BCUT2D eigenvalue weighted by Crippen LogP contribution is -2.18. The summed E-state index contributed by atoms with van der Waals surface area (Å²) in [6, 6.07) is 16.5. The minimum absolute atomic E-state index is 0.298. The van der Waals surface area contributed by atoms with Gasteiger partial charge in [0.2, 0.25) is 5.85 Å². The summed E-state index contributed by atoms with van der Waals surface area (Å²) in [6.45, 7) is 2.08. The van der Waals surface area contributed by atoms with Gasteiger partial charge in [-0.15, -0.1) is 0 Å². The first-order chi connectivity index (χ1) is 9.73. The van der Waals surface area contributed by atoms with Crippen LogP contribution in [0.5, 0.6) is 11.5 Å². The Morgan fingerprint density at radius 1 is 1.05 bits per heavy atom. The van der Waals surface area contributed by atoms with Crippen LogP contribution < -0.4 is 9.26 Å². The molecule has 2 aromatic rings. The standard InChI is InChI=1S/C15H15O4P/c1-2-17-20(16)15(12-8-4-3-5-9-12)18-13-10-6-7-11-14(13)19-20/h3-11,15H,2H2,1H3/t15-,20+/m0/s1. The fraction of sp³-hybridized carbons (Fsp3) is 0.200. The van der Waals surface area contributed by atoms with Crippen molar-refractivity contribution < 1.29 is 18.3 Å². The van der Waals surface area contributed by atoms with Gasteiger partial charge in [0.05, 0.1) is 6.61 Å². The highest BCUT2D eigenvalue weighted by Gasteiger charge is 2.44. The molecule has 1 heterocycles. The van der Waals surface area contributed by atoms with E-state index in [1.807, 2.05) is 36.4 Å². The number of benzene rings is 2. The zero-order valence-corrected chi connectivity index (χ0v) is 12.0. The van der Waals surface area contributed by atoms with Crippen LogP contribution >= 0.6 is 7.60 Å². The Morgan fingerprint density at radius 2 is 1.70 bits per heavy atom. The van der Waals surface area contributed by atoms with E-state index in [0.29, 0.717) is 18.1 Å². The van der Waals surface area contributed by atoms with Gasteiger partial charge >= 0.3 is 7.60 Å². The summed E-state index contributed by atoms with van der Waals surface area (Å²) in [5, 5.41) is 0. The first kappa shape index (κ1) is 13.2. The molecule has 0 bridgehead atoms. The fourth-order valence-electron chi connectivity index (χ4n) is 2.13. The number of fused-ring (bicyclic) bond motifs is 1. The van der Waals surface area contributed by atoms with E-state index >= 15 is 0 Å². The summed E-state index contributed by atoms with van der Waals surface area (Å²) in [4.78, 5) is 0. The summed E-state index contributed by atoms with van der Waals surface area (Å²) in [5.41, 5.74) is 0.777. The van der Waals surface area contributed by atoms with Crippen LogP contribution in [0.1, 0.15) is 18.3 Å². The highest BCUT2D eigenvalue weighted by atomic mass is 31.2. The lowest BCUT2D eigenvalue weighted by atomic mass is 10.2. The third-order valence-corrected chi connectivity index (χ3v) is 5.04. The Labute approximate surface area is 117 Å². The maximum absolute atomic E-state index is 13.0. The van der Waals surface area contributed by atoms with Crippen molar-refractivity contribution in [1.29, 1.82) is 0 Å². The molecule has 0 saturated carbocycles. The van der Waals surface area contributed by atoms with Crippen LogP contribution in [0.3, 0.4) is 0 Å². The molecule has 0 amide bonds. The second kappa shape index (κ2) is 5.31. The summed E-state index contributed by atoms with van der Waals surface area (Å²) in [5.74, 6) is 0.294. The van der Waals surface area contributed by atoms with Crippen molar-refractivity contribution in [2.24, 2.45) is 0 Å². The highest BCUT2D eigenvalue weighted by Crippen LogP contribution is 2.65. The highest BCUT2D eigenvalue weighted by molar-refractivity contribution is 7.54. The van der Waals surface area contributed by atoms with Crippen molar-refractivity contribution in [3.05, 3.63) is 60.2 Å². The molecule has 3 rings (SSSR count). The van der Waals surface area contributed by atoms with Crippen LogP contribution in [0.25, 0.3) is 0 Å². The Bertz CT molecular complexity index is 641. The van der Waals surface area contributed by atoms with Crippen LogP contribution in [0.2, 0.25) is 0 Å². The van der Waals surface area contributed by atoms with Crippen LogP contribution in [0, 0.1) is 0 Å². The van der Waals surface area contributed by atoms with Gasteiger partial charge in [-0.1, -0.05) is 42.5 Å². The number of hydrogen-bond acceptors (Lipinski definition) is 4. The van der Waals surface area contributed by atoms with Gasteiger partial charge in [-0.25, -0.2) is 4.57 Å². The average molecular weight is 290 g/mol. The topological polar surface area (TPSA) is 44.8 Å². The van der Waals surface area contributed by atoms with Crippen LogP contribution in [-0.2, 0) is 9.09 Å². The molecule has 2 atom stereocenters. The molecule has 0 saturated heterocycles. The van der Waals surface area contributed by atoms with E-state index in [1.165, 1.54) is 0 Å². The van der Waals surface area contributed by atoms with Crippen molar-refractivity contribution in [1.82, 2.24) is 0 Å². The van der Waals surface area contributed by atoms with Crippen molar-refractivity contribution in [2.45, 2.75) is 12.8 Å². The monoisotopic (exact) mass is 290 g/mol. The minimum atomic E-state index is -3.40. The number of para-hydroxylation sites is 2. The van der Waals surface area contributed by atoms with Gasteiger partial charge < -0.3 is 9.26 Å². The molecule has 0 aromatic heterocycles. The molecule has 0 fully saturated rings. The van der Waals surface area contributed by atoms with Gasteiger partial charge in [-0.3, -0.25) is 4.52 Å². The zero-order valence-electron chi connectivity index (χ0n) is 11.1. The Hall–Kier alpha value is -1.77. The van der Waals surface area contributed by atoms with Gasteiger partial charge in [0.25, 0.3) is 0 Å². The quantitative estimate of drug-likeness (QED) is 0.787. The van der Waals surface area contributed by atoms with Gasteiger partial charge in [-0.2, -0.15) is 0 Å². The number of rotatable bonds is 3. The molecule has 0 spiro atoms. The third-order valence-electron chi connectivity index (χ3n) is 2.99. The van der Waals surface area contributed by atoms with E-state index in [1.54, 1.807) is 25.1 Å². The Kier molecular flexibility index (Phi) is 3.51. The molecule has 0 N–H and O–H groups in total. The van der Waals surface area contributed by atoms with E-state index in [4.69, 9.17) is 13.8 Å². The number of hydrogen-bond donors (Lipinski definition) is 0. The van der Waals surface area contributed by atoms with Gasteiger partial charge in [-0.05, 0) is 19.1 Å². The van der Waals surface area contributed by atoms with E-state index < -0.39 is 13.4 Å². The normalized spacial score (nSPS) is 24.4. The van der Waals surface area contributed by atoms with Crippen LogP contribution in [-0.4, -0.2) is 6.61 Å². The summed E-state index contributed by atoms with van der Waals surface area (Å²) < 4.78 is 29.9.